The van der Waals surface area contributed by atoms with Crippen molar-refractivity contribution in [3.05, 3.63) is 67.6 Å². The minimum Gasteiger partial charge on any atom is -0.466 e. The van der Waals surface area contributed by atoms with Crippen LogP contribution in [0.25, 0.3) is 6.08 Å². The summed E-state index contributed by atoms with van der Waals surface area (Å²) in [4.78, 5) is 43.4. The van der Waals surface area contributed by atoms with E-state index in [9.17, 15) is 24.0 Å². The summed E-state index contributed by atoms with van der Waals surface area (Å²) in [6.07, 6.45) is 3.76. The Kier molecular flexibility index (Phi) is 9.43. The van der Waals surface area contributed by atoms with Crippen molar-refractivity contribution in [1.29, 1.82) is 5.26 Å². The van der Waals surface area contributed by atoms with Crippen molar-refractivity contribution in [3.63, 3.8) is 0 Å². The number of hydrogen-bond acceptors (Lipinski definition) is 8. The van der Waals surface area contributed by atoms with E-state index in [-0.39, 0.29) is 42.3 Å². The van der Waals surface area contributed by atoms with E-state index >= 15 is 0 Å². The number of carbonyl (C=O) groups excluding carboxylic acids is 2. The van der Waals surface area contributed by atoms with Gasteiger partial charge in [-0.05, 0) is 62.4 Å². The Morgan fingerprint density at radius 1 is 1.27 bits per heavy atom. The Morgan fingerprint density at radius 3 is 2.65 bits per heavy atom. The predicted molar refractivity (Wildman–Crippen MR) is 157 cm³/mol. The fraction of sp³-hybridized carbons (Fsp3) is 0.414. The molecule has 1 unspecified atom stereocenters. The lowest BCUT2D eigenvalue weighted by atomic mass is 9.96. The number of benzene rings is 1. The van der Waals surface area contributed by atoms with Gasteiger partial charge in [0.1, 0.15) is 27.6 Å². The van der Waals surface area contributed by atoms with Crippen LogP contribution < -0.4 is 10.5 Å². The van der Waals surface area contributed by atoms with E-state index in [4.69, 9.17) is 17.0 Å². The average molecular weight is 583 g/mol. The van der Waals surface area contributed by atoms with Crippen LogP contribution in [0.4, 0.5) is 10.2 Å². The first-order chi connectivity index (χ1) is 19.2. The quantitative estimate of drug-likeness (QED) is 0.250. The van der Waals surface area contributed by atoms with Crippen LogP contribution in [0, 0.1) is 30.0 Å². The number of thioether (sulfide) groups is 1. The summed E-state index contributed by atoms with van der Waals surface area (Å²) in [6.45, 7) is 7.24. The Bertz CT molecular complexity index is 1460. The number of pyridine rings is 1. The van der Waals surface area contributed by atoms with Gasteiger partial charge in [0.2, 0.25) is 0 Å². The summed E-state index contributed by atoms with van der Waals surface area (Å²) in [6, 6.07) is 7.94. The topological polar surface area (TPSA) is 95.6 Å². The maximum absolute atomic E-state index is 13.5. The summed E-state index contributed by atoms with van der Waals surface area (Å²) < 4.78 is 20.6. The second-order valence-corrected chi connectivity index (χ2v) is 11.4. The van der Waals surface area contributed by atoms with Gasteiger partial charge >= 0.3 is 5.97 Å². The van der Waals surface area contributed by atoms with Gasteiger partial charge in [0.15, 0.2) is 0 Å². The van der Waals surface area contributed by atoms with E-state index in [1.165, 1.54) is 17.0 Å². The van der Waals surface area contributed by atoms with E-state index in [2.05, 4.69) is 6.07 Å². The van der Waals surface area contributed by atoms with Crippen LogP contribution in [0.2, 0.25) is 0 Å². The smallest absolute Gasteiger partial charge is 0.310 e. The molecule has 2 aliphatic rings. The lowest BCUT2D eigenvalue weighted by molar-refractivity contribution is -0.148. The highest BCUT2D eigenvalue weighted by Gasteiger charge is 2.35. The highest BCUT2D eigenvalue weighted by atomic mass is 32.2. The predicted octanol–water partition coefficient (Wildman–Crippen LogP) is 4.76. The largest absolute Gasteiger partial charge is 0.466 e. The minimum atomic E-state index is -0.392. The molecule has 2 aliphatic heterocycles. The van der Waals surface area contributed by atoms with Gasteiger partial charge in [-0.2, -0.15) is 5.26 Å². The summed E-state index contributed by atoms with van der Waals surface area (Å²) in [7, 11) is 0. The Labute approximate surface area is 242 Å². The zero-order chi connectivity index (χ0) is 29.0. The lowest BCUT2D eigenvalue weighted by Gasteiger charge is -2.36. The van der Waals surface area contributed by atoms with E-state index in [1.54, 1.807) is 36.6 Å². The van der Waals surface area contributed by atoms with E-state index in [0.29, 0.717) is 58.6 Å². The van der Waals surface area contributed by atoms with Crippen molar-refractivity contribution in [3.8, 4) is 6.07 Å². The molecule has 1 aromatic heterocycles. The molecule has 0 spiro atoms. The average Bonchev–Trinajstić information content (AvgIpc) is 3.20. The van der Waals surface area contributed by atoms with Gasteiger partial charge in [0.05, 0.1) is 24.0 Å². The van der Waals surface area contributed by atoms with Crippen LogP contribution in [0.1, 0.15) is 55.4 Å². The number of piperidine rings is 1. The highest BCUT2D eigenvalue weighted by Crippen LogP contribution is 2.37. The first kappa shape index (κ1) is 29.5. The van der Waals surface area contributed by atoms with Gasteiger partial charge in [0.25, 0.3) is 11.5 Å². The molecule has 11 heteroatoms. The van der Waals surface area contributed by atoms with Crippen LogP contribution in [0.5, 0.6) is 0 Å². The monoisotopic (exact) mass is 582 g/mol. The number of amides is 1. The second kappa shape index (κ2) is 12.8. The maximum Gasteiger partial charge on any atom is 0.310 e. The molecule has 0 aliphatic carbocycles. The van der Waals surface area contributed by atoms with Gasteiger partial charge in [-0.1, -0.05) is 43.0 Å². The van der Waals surface area contributed by atoms with Crippen molar-refractivity contribution in [2.75, 3.05) is 24.6 Å². The van der Waals surface area contributed by atoms with Crippen molar-refractivity contribution < 1.29 is 18.7 Å². The Balaban J connectivity index is 1.80. The molecule has 210 valence electrons. The molecule has 40 heavy (non-hydrogen) atoms. The molecule has 2 aromatic rings. The first-order valence-electron chi connectivity index (χ1n) is 13.3. The molecule has 4 rings (SSSR count). The number of nitriles is 1. The fourth-order valence-corrected chi connectivity index (χ4v) is 6.31. The lowest BCUT2D eigenvalue weighted by Crippen LogP contribution is -2.43. The SMILES string of the molecule is CCCn1c(N2CCCC(C(=O)OCC)C2)c(/C=C2\SC(=S)N(Cc3ccc(F)cc3)C2=O)c(C)c(C#N)c1=O. The van der Waals surface area contributed by atoms with E-state index < -0.39 is 5.56 Å². The number of anilines is 1. The molecule has 1 aromatic carbocycles. The van der Waals surface area contributed by atoms with Gasteiger partial charge in [-0.25, -0.2) is 4.39 Å². The number of thiocarbonyl (C=S) groups is 1. The number of aromatic nitrogens is 1. The van der Waals surface area contributed by atoms with Gasteiger partial charge in [-0.3, -0.25) is 23.9 Å². The number of hydrogen-bond donors (Lipinski definition) is 0. The van der Waals surface area contributed by atoms with Crippen LogP contribution in [-0.2, 0) is 27.4 Å². The summed E-state index contributed by atoms with van der Waals surface area (Å²) in [5, 5.41) is 9.89. The molecular weight excluding hydrogens is 551 g/mol. The molecule has 8 nitrogen and oxygen atoms in total. The van der Waals surface area contributed by atoms with Crippen molar-refractivity contribution in [2.45, 2.75) is 53.1 Å². The van der Waals surface area contributed by atoms with E-state index in [0.717, 1.165) is 23.7 Å². The number of esters is 1. The van der Waals surface area contributed by atoms with Crippen molar-refractivity contribution in [2.24, 2.45) is 5.92 Å². The third-order valence-electron chi connectivity index (χ3n) is 7.04. The zero-order valence-corrected chi connectivity index (χ0v) is 24.4. The molecule has 0 N–H and O–H groups in total. The third kappa shape index (κ3) is 5.98. The maximum atomic E-state index is 13.5. The van der Waals surface area contributed by atoms with Crippen LogP contribution in [-0.4, -0.2) is 45.4 Å². The van der Waals surface area contributed by atoms with Gasteiger partial charge in [0, 0.05) is 25.2 Å². The summed E-state index contributed by atoms with van der Waals surface area (Å²) >= 11 is 6.66. The van der Waals surface area contributed by atoms with Crippen LogP contribution in [0.15, 0.2) is 34.0 Å². The standard InChI is InChI=1S/C29H31FN4O4S2/c1-4-12-33-25(32-13-6-7-20(17-32)28(37)38-5-2)22(18(3)23(15-31)26(33)35)14-24-27(36)34(29(39)40-24)16-19-8-10-21(30)11-9-19/h8-11,14,20H,4-7,12-13,16-17H2,1-3H3/b24-14-. The molecule has 1 atom stereocenters. The number of rotatable bonds is 8. The highest BCUT2D eigenvalue weighted by molar-refractivity contribution is 8.26. The molecule has 2 saturated heterocycles. The molecule has 1 amide bonds. The van der Waals surface area contributed by atoms with Gasteiger partial charge < -0.3 is 9.64 Å². The van der Waals surface area contributed by atoms with Crippen molar-refractivity contribution in [1.82, 2.24) is 9.47 Å². The molecule has 2 fully saturated rings. The third-order valence-corrected chi connectivity index (χ3v) is 8.42. The second-order valence-electron chi connectivity index (χ2n) is 9.74. The number of halogens is 1. The number of ether oxygens (including phenoxy) is 1. The number of nitrogens with zero attached hydrogens (tertiary/aromatic N) is 4. The first-order valence-corrected chi connectivity index (χ1v) is 14.5. The summed E-state index contributed by atoms with van der Waals surface area (Å²) in [5.41, 5.74) is 1.41. The van der Waals surface area contributed by atoms with E-state index in [1.807, 2.05) is 11.8 Å². The number of carbonyl (C=O) groups is 2. The molecule has 0 bridgehead atoms. The molecular formula is C29H31FN4O4S2. The minimum absolute atomic E-state index is 0.0178. The Hall–Kier alpha value is -3.49. The fourth-order valence-electron chi connectivity index (χ4n) is 5.08. The van der Waals surface area contributed by atoms with Gasteiger partial charge in [-0.15, -0.1) is 0 Å². The normalized spacial score (nSPS) is 18.4. The molecule has 3 heterocycles. The zero-order valence-electron chi connectivity index (χ0n) is 22.7. The molecule has 0 radical (unpaired) electrons. The Morgan fingerprint density at radius 2 is 2.00 bits per heavy atom. The molecule has 0 saturated carbocycles. The van der Waals surface area contributed by atoms with Crippen LogP contribution >= 0.6 is 24.0 Å². The summed E-state index contributed by atoms with van der Waals surface area (Å²) in [5.74, 6) is -0.710. The van der Waals surface area contributed by atoms with Crippen molar-refractivity contribution >= 4 is 52.1 Å². The van der Waals surface area contributed by atoms with Crippen LogP contribution in [0.3, 0.4) is 0 Å².